The van der Waals surface area contributed by atoms with Gasteiger partial charge in [0, 0.05) is 19.6 Å². The molecule has 3 heterocycles. The molecule has 1 aliphatic rings. The second kappa shape index (κ2) is 9.76. The molecule has 0 unspecified atom stereocenters. The smallest absolute Gasteiger partial charge is 0.230 e. The standard InChI is InChI=1S/C24H23N5O2S2/c1-31-19-8-6-16(7-9-19)12-25-20(30)14-32-23-21-22(26-15-27-23)28-24(33-21)29-11-10-17-4-2-3-5-18(17)13-29/h2-9,15H,10-14H2,1H3,(H,25,30). The number of ether oxygens (including phenoxy) is 1. The predicted octanol–water partition coefficient (Wildman–Crippen LogP) is 4.07. The van der Waals surface area contributed by atoms with Crippen LogP contribution in [0.25, 0.3) is 10.3 Å². The number of hydrogen-bond acceptors (Lipinski definition) is 8. The zero-order valence-corrected chi connectivity index (χ0v) is 19.8. The SMILES string of the molecule is COc1ccc(CNC(=O)CSc2ncnc3nc(N4CCc5ccccc5C4)sc23)cc1. The highest BCUT2D eigenvalue weighted by Gasteiger charge is 2.21. The summed E-state index contributed by atoms with van der Waals surface area (Å²) in [7, 11) is 1.63. The van der Waals surface area contributed by atoms with Gasteiger partial charge in [0.05, 0.1) is 12.9 Å². The summed E-state index contributed by atoms with van der Waals surface area (Å²) in [6.45, 7) is 2.25. The molecule has 9 heteroatoms. The number of thioether (sulfide) groups is 1. The van der Waals surface area contributed by atoms with Gasteiger partial charge >= 0.3 is 0 Å². The highest BCUT2D eigenvalue weighted by Crippen LogP contribution is 2.35. The van der Waals surface area contributed by atoms with Gasteiger partial charge in [-0.05, 0) is 35.2 Å². The number of fused-ring (bicyclic) bond motifs is 2. The van der Waals surface area contributed by atoms with Crippen LogP contribution in [0.3, 0.4) is 0 Å². The van der Waals surface area contributed by atoms with Crippen LogP contribution >= 0.6 is 23.1 Å². The Balaban J connectivity index is 1.22. The predicted molar refractivity (Wildman–Crippen MR) is 132 cm³/mol. The number of carbonyl (C=O) groups is 1. The van der Waals surface area contributed by atoms with E-state index in [1.807, 2.05) is 24.3 Å². The maximum Gasteiger partial charge on any atom is 0.230 e. The number of rotatable bonds is 7. The van der Waals surface area contributed by atoms with Crippen LogP contribution in [0.15, 0.2) is 59.9 Å². The molecule has 0 atom stereocenters. The molecule has 1 amide bonds. The monoisotopic (exact) mass is 477 g/mol. The molecule has 33 heavy (non-hydrogen) atoms. The third-order valence-electron chi connectivity index (χ3n) is 5.54. The molecule has 4 aromatic rings. The first-order valence-electron chi connectivity index (χ1n) is 10.7. The molecule has 2 aromatic heterocycles. The van der Waals surface area contributed by atoms with Crippen molar-refractivity contribution in [1.29, 1.82) is 0 Å². The number of hydrogen-bond donors (Lipinski definition) is 1. The lowest BCUT2D eigenvalue weighted by Crippen LogP contribution is -2.30. The molecule has 0 spiro atoms. The molecule has 5 rings (SSSR count). The first-order valence-corrected chi connectivity index (χ1v) is 12.5. The molecule has 1 N–H and O–H groups in total. The van der Waals surface area contributed by atoms with E-state index >= 15 is 0 Å². The average molecular weight is 478 g/mol. The van der Waals surface area contributed by atoms with Gasteiger partial charge in [0.1, 0.15) is 21.8 Å². The number of amides is 1. The second-order valence-corrected chi connectivity index (χ2v) is 9.62. The summed E-state index contributed by atoms with van der Waals surface area (Å²) in [5.74, 6) is 1.04. The summed E-state index contributed by atoms with van der Waals surface area (Å²) in [5.41, 5.74) is 4.46. The van der Waals surface area contributed by atoms with Gasteiger partial charge in [-0.3, -0.25) is 4.79 Å². The van der Waals surface area contributed by atoms with Gasteiger partial charge < -0.3 is 15.0 Å². The lowest BCUT2D eigenvalue weighted by Gasteiger charge is -2.28. The number of nitrogens with zero attached hydrogens (tertiary/aromatic N) is 4. The Morgan fingerprint density at radius 2 is 1.97 bits per heavy atom. The van der Waals surface area contributed by atoms with E-state index in [4.69, 9.17) is 9.72 Å². The van der Waals surface area contributed by atoms with Crippen LogP contribution in [0.5, 0.6) is 5.75 Å². The van der Waals surface area contributed by atoms with E-state index in [0.717, 1.165) is 45.7 Å². The Morgan fingerprint density at radius 1 is 1.15 bits per heavy atom. The fourth-order valence-corrected chi connectivity index (χ4v) is 5.69. The van der Waals surface area contributed by atoms with Gasteiger partial charge in [0.25, 0.3) is 0 Å². The Kier molecular flexibility index (Phi) is 6.41. The van der Waals surface area contributed by atoms with E-state index < -0.39 is 0 Å². The maximum absolute atomic E-state index is 12.4. The first-order chi connectivity index (χ1) is 16.2. The molecular weight excluding hydrogens is 454 g/mol. The van der Waals surface area contributed by atoms with Crippen LogP contribution in [-0.4, -0.2) is 40.3 Å². The fourth-order valence-electron chi connectivity index (χ4n) is 3.75. The lowest BCUT2D eigenvalue weighted by atomic mass is 10.0. The van der Waals surface area contributed by atoms with E-state index in [0.29, 0.717) is 12.2 Å². The van der Waals surface area contributed by atoms with Gasteiger partial charge in [0.2, 0.25) is 5.91 Å². The summed E-state index contributed by atoms with van der Waals surface area (Å²) < 4.78 is 6.09. The summed E-state index contributed by atoms with van der Waals surface area (Å²) in [4.78, 5) is 28.2. The topological polar surface area (TPSA) is 80.2 Å². The number of methoxy groups -OCH3 is 1. The minimum Gasteiger partial charge on any atom is -0.497 e. The van der Waals surface area contributed by atoms with Crippen LogP contribution in [0, 0.1) is 0 Å². The highest BCUT2D eigenvalue weighted by molar-refractivity contribution is 8.00. The Hall–Kier alpha value is -3.17. The van der Waals surface area contributed by atoms with E-state index in [9.17, 15) is 4.79 Å². The van der Waals surface area contributed by atoms with Crippen LogP contribution < -0.4 is 15.0 Å². The van der Waals surface area contributed by atoms with Crippen LogP contribution in [0.4, 0.5) is 5.13 Å². The maximum atomic E-state index is 12.4. The third kappa shape index (κ3) is 4.94. The van der Waals surface area contributed by atoms with Crippen molar-refractivity contribution in [3.05, 3.63) is 71.5 Å². The van der Waals surface area contributed by atoms with Gasteiger partial charge in [-0.2, -0.15) is 4.98 Å². The van der Waals surface area contributed by atoms with Crippen molar-refractivity contribution < 1.29 is 9.53 Å². The largest absolute Gasteiger partial charge is 0.497 e. The number of thiazole rings is 1. The zero-order chi connectivity index (χ0) is 22.6. The molecule has 1 aliphatic heterocycles. The van der Waals surface area contributed by atoms with Gasteiger partial charge in [-0.25, -0.2) is 9.97 Å². The van der Waals surface area contributed by atoms with Crippen LogP contribution in [-0.2, 0) is 24.3 Å². The molecular formula is C24H23N5O2S2. The average Bonchev–Trinajstić information content (AvgIpc) is 3.31. The van der Waals surface area contributed by atoms with Crippen molar-refractivity contribution in [3.63, 3.8) is 0 Å². The lowest BCUT2D eigenvalue weighted by molar-refractivity contribution is -0.118. The molecule has 7 nitrogen and oxygen atoms in total. The Labute approximate surface area is 200 Å². The van der Waals surface area contributed by atoms with Gasteiger partial charge in [0.15, 0.2) is 10.8 Å². The van der Waals surface area contributed by atoms with Crippen LogP contribution in [0.1, 0.15) is 16.7 Å². The van der Waals surface area contributed by atoms with Crippen molar-refractivity contribution in [2.75, 3.05) is 24.3 Å². The van der Waals surface area contributed by atoms with Crippen molar-refractivity contribution in [3.8, 4) is 5.75 Å². The number of aromatic nitrogens is 3. The van der Waals surface area contributed by atoms with E-state index in [1.54, 1.807) is 18.4 Å². The second-order valence-electron chi connectivity index (χ2n) is 7.68. The molecule has 0 aliphatic carbocycles. The third-order valence-corrected chi connectivity index (χ3v) is 7.77. The molecule has 0 saturated carbocycles. The minimum atomic E-state index is -0.0417. The van der Waals surface area contributed by atoms with Crippen molar-refractivity contribution in [2.45, 2.75) is 24.5 Å². The molecule has 0 bridgehead atoms. The Bertz CT molecular complexity index is 1280. The van der Waals surface area contributed by atoms with Gasteiger partial charge in [-0.1, -0.05) is 59.5 Å². The number of carbonyl (C=O) groups excluding carboxylic acids is 1. The number of nitrogens with one attached hydrogen (secondary N) is 1. The van der Waals surface area contributed by atoms with E-state index in [-0.39, 0.29) is 11.7 Å². The first kappa shape index (κ1) is 21.7. The molecule has 0 radical (unpaired) electrons. The fraction of sp³-hybridized carbons (Fsp3) is 0.250. The van der Waals surface area contributed by atoms with Crippen LogP contribution in [0.2, 0.25) is 0 Å². The quantitative estimate of drug-likeness (QED) is 0.317. The summed E-state index contributed by atoms with van der Waals surface area (Å²) in [6, 6.07) is 16.2. The normalized spacial score (nSPS) is 13.1. The highest BCUT2D eigenvalue weighted by atomic mass is 32.2. The molecule has 0 fully saturated rings. The Morgan fingerprint density at radius 3 is 2.79 bits per heavy atom. The van der Waals surface area contributed by atoms with Crippen molar-refractivity contribution >= 4 is 44.5 Å². The van der Waals surface area contributed by atoms with Crippen molar-refractivity contribution in [1.82, 2.24) is 20.3 Å². The van der Waals surface area contributed by atoms with E-state index in [1.165, 1.54) is 29.2 Å². The van der Waals surface area contributed by atoms with E-state index in [2.05, 4.69) is 44.5 Å². The number of benzene rings is 2. The summed E-state index contributed by atoms with van der Waals surface area (Å²) >= 11 is 3.01. The summed E-state index contributed by atoms with van der Waals surface area (Å²) in [6.07, 6.45) is 2.53. The molecule has 2 aromatic carbocycles. The zero-order valence-electron chi connectivity index (χ0n) is 18.2. The van der Waals surface area contributed by atoms with Gasteiger partial charge in [-0.15, -0.1) is 0 Å². The number of anilines is 1. The molecule has 168 valence electrons. The minimum absolute atomic E-state index is 0.0417. The van der Waals surface area contributed by atoms with Crippen molar-refractivity contribution in [2.24, 2.45) is 0 Å². The molecule has 0 saturated heterocycles. The summed E-state index contributed by atoms with van der Waals surface area (Å²) in [5, 5.41) is 4.70.